The lowest BCUT2D eigenvalue weighted by atomic mass is 10.1. The Hall–Kier alpha value is -4.00. The van der Waals surface area contributed by atoms with Crippen LogP contribution in [0, 0.1) is 0 Å². The van der Waals surface area contributed by atoms with Crippen LogP contribution in [0.15, 0.2) is 100 Å². The van der Waals surface area contributed by atoms with E-state index in [0.29, 0.717) is 13.2 Å². The summed E-state index contributed by atoms with van der Waals surface area (Å²) in [5.41, 5.74) is 6.08. The van der Waals surface area contributed by atoms with Crippen LogP contribution >= 0.6 is 11.8 Å². The first kappa shape index (κ1) is 32.9. The molecule has 2 aromatic heterocycles. The number of hydrogen-bond donors (Lipinski definition) is 2. The Morgan fingerprint density at radius 2 is 1.77 bits per heavy atom. The van der Waals surface area contributed by atoms with E-state index in [2.05, 4.69) is 117 Å². The highest BCUT2D eigenvalue weighted by molar-refractivity contribution is 7.99. The maximum atomic E-state index is 8.79. The van der Waals surface area contributed by atoms with Gasteiger partial charge in [0.05, 0.1) is 32.1 Å². The van der Waals surface area contributed by atoms with E-state index in [-0.39, 0.29) is 6.61 Å². The van der Waals surface area contributed by atoms with Crippen molar-refractivity contribution in [2.24, 2.45) is 4.99 Å². The topological polar surface area (TPSA) is 98.0 Å². The van der Waals surface area contributed by atoms with Gasteiger partial charge in [0.25, 0.3) is 0 Å². The van der Waals surface area contributed by atoms with Crippen LogP contribution in [-0.4, -0.2) is 119 Å². The summed E-state index contributed by atoms with van der Waals surface area (Å²) in [4.78, 5) is 21.9. The van der Waals surface area contributed by atoms with Crippen LogP contribution in [0.4, 0.5) is 5.69 Å². The van der Waals surface area contributed by atoms with Gasteiger partial charge in [-0.3, -0.25) is 4.90 Å². The number of amidine groups is 1. The summed E-state index contributed by atoms with van der Waals surface area (Å²) in [6.07, 6.45) is 6.48. The number of ether oxygens (including phenoxy) is 1. The number of likely N-dealkylation sites (N-methyl/N-ethyl adjacent to an activating group) is 1. The molecule has 47 heavy (non-hydrogen) atoms. The number of aliphatic hydroxyl groups excluding tert-OH is 1. The third-order valence-electron chi connectivity index (χ3n) is 8.37. The third-order valence-corrected chi connectivity index (χ3v) is 9.51. The Morgan fingerprint density at radius 1 is 0.957 bits per heavy atom. The Bertz CT molecular complexity index is 1750. The van der Waals surface area contributed by atoms with Gasteiger partial charge < -0.3 is 24.6 Å². The lowest BCUT2D eigenvalue weighted by Gasteiger charge is -2.36. The summed E-state index contributed by atoms with van der Waals surface area (Å²) in [6.45, 7) is 7.83. The van der Waals surface area contributed by atoms with E-state index in [9.17, 15) is 0 Å². The first-order valence-corrected chi connectivity index (χ1v) is 17.1. The highest BCUT2D eigenvalue weighted by Crippen LogP contribution is 2.40. The van der Waals surface area contributed by atoms with Crippen LogP contribution in [0.2, 0.25) is 0 Å². The zero-order valence-electron chi connectivity index (χ0n) is 27.3. The third kappa shape index (κ3) is 8.68. The van der Waals surface area contributed by atoms with Gasteiger partial charge in [0, 0.05) is 71.7 Å². The van der Waals surface area contributed by atoms with Gasteiger partial charge in [-0.05, 0) is 62.0 Å². The maximum absolute atomic E-state index is 8.79. The number of aromatic amines is 1. The number of aliphatic hydroxyl groups is 1. The molecule has 11 heteroatoms. The number of nitrogens with one attached hydrogen (secondary N) is 1. The second kappa shape index (κ2) is 16.2. The Morgan fingerprint density at radius 3 is 2.55 bits per heavy atom. The van der Waals surface area contributed by atoms with Crippen molar-refractivity contribution in [2.45, 2.75) is 22.8 Å². The predicted octanol–water partition coefficient (Wildman–Crippen LogP) is 4.77. The van der Waals surface area contributed by atoms with E-state index >= 15 is 0 Å². The molecule has 2 aliphatic heterocycles. The van der Waals surface area contributed by atoms with Crippen LogP contribution in [0.3, 0.4) is 0 Å². The van der Waals surface area contributed by atoms with Gasteiger partial charge in [-0.2, -0.15) is 5.10 Å². The van der Waals surface area contributed by atoms with E-state index in [1.54, 1.807) is 24.4 Å². The van der Waals surface area contributed by atoms with Crippen molar-refractivity contribution in [3.8, 4) is 0 Å². The SMILES string of the molecule is CN(C)CCc1c[nH]c2ccc(Cn3cncn3)cc12.OCCOCCN1CCN(C2=Nc3ccccc3Sc3ccccc32)CC1. The van der Waals surface area contributed by atoms with Crippen molar-refractivity contribution in [1.82, 2.24) is 34.4 Å². The average molecular weight is 653 g/mol. The molecule has 5 aromatic rings. The van der Waals surface area contributed by atoms with Gasteiger partial charge in [-0.1, -0.05) is 48.2 Å². The van der Waals surface area contributed by atoms with E-state index < -0.39 is 0 Å². The number of benzene rings is 3. The number of nitrogens with zero attached hydrogens (tertiary/aromatic N) is 7. The second-order valence-electron chi connectivity index (χ2n) is 12.0. The molecule has 0 atom stereocenters. The van der Waals surface area contributed by atoms with Crippen LogP contribution in [0.25, 0.3) is 10.9 Å². The van der Waals surface area contributed by atoms with Crippen molar-refractivity contribution in [3.05, 3.63) is 102 Å². The summed E-state index contributed by atoms with van der Waals surface area (Å²) in [5, 5.41) is 14.3. The smallest absolute Gasteiger partial charge is 0.137 e. The molecule has 3 aromatic carbocycles. The molecule has 0 radical (unpaired) electrons. The average Bonchev–Trinajstić information content (AvgIpc) is 3.72. The van der Waals surface area contributed by atoms with Gasteiger partial charge >= 0.3 is 0 Å². The predicted molar refractivity (Wildman–Crippen MR) is 189 cm³/mol. The quantitative estimate of drug-likeness (QED) is 0.209. The molecule has 0 aliphatic carbocycles. The summed E-state index contributed by atoms with van der Waals surface area (Å²) in [7, 11) is 4.20. The Kier molecular flexibility index (Phi) is 11.4. The van der Waals surface area contributed by atoms with Crippen molar-refractivity contribution < 1.29 is 9.84 Å². The molecule has 0 amide bonds. The van der Waals surface area contributed by atoms with E-state index in [0.717, 1.165) is 63.8 Å². The normalized spacial score (nSPS) is 14.7. The molecule has 2 aliphatic rings. The monoisotopic (exact) mass is 652 g/mol. The molecule has 2 N–H and O–H groups in total. The zero-order chi connectivity index (χ0) is 32.4. The van der Waals surface area contributed by atoms with Gasteiger partial charge in [-0.25, -0.2) is 14.7 Å². The lowest BCUT2D eigenvalue weighted by Crippen LogP contribution is -2.49. The molecule has 1 saturated heterocycles. The summed E-state index contributed by atoms with van der Waals surface area (Å²) in [5.74, 6) is 1.08. The number of piperazine rings is 1. The standard InChI is InChI=1S/C21H25N3O2S.C15H19N5/c25-14-16-26-15-13-23-9-11-24(12-10-23)21-17-5-1-3-7-19(17)27-20-8-4-2-6-18(20)22-21;1-19(2)6-5-13-8-17-15-4-3-12(7-14(13)15)9-20-11-16-10-18-20/h1-8,25H,9-16H2;3-4,7-8,10-11,17H,5-6,9H2,1-2H3. The number of fused-ring (bicyclic) bond motifs is 3. The minimum atomic E-state index is 0.0898. The number of rotatable bonds is 10. The number of hydrogen-bond acceptors (Lipinski definition) is 9. The maximum Gasteiger partial charge on any atom is 0.137 e. The number of aliphatic imine (C=N–C) groups is 1. The van der Waals surface area contributed by atoms with E-state index in [4.69, 9.17) is 14.8 Å². The first-order chi connectivity index (χ1) is 23.1. The Labute approximate surface area is 281 Å². The van der Waals surface area contributed by atoms with Gasteiger partial charge in [0.1, 0.15) is 18.5 Å². The molecule has 4 heterocycles. The zero-order valence-corrected chi connectivity index (χ0v) is 28.1. The molecule has 0 spiro atoms. The molecule has 0 bridgehead atoms. The summed E-state index contributed by atoms with van der Waals surface area (Å²) < 4.78 is 7.24. The molecule has 246 valence electrons. The highest BCUT2D eigenvalue weighted by Gasteiger charge is 2.25. The van der Waals surface area contributed by atoms with Crippen molar-refractivity contribution in [3.63, 3.8) is 0 Å². The lowest BCUT2D eigenvalue weighted by molar-refractivity contribution is 0.0652. The largest absolute Gasteiger partial charge is 0.394 e. The molecule has 0 unspecified atom stereocenters. The first-order valence-electron chi connectivity index (χ1n) is 16.2. The van der Waals surface area contributed by atoms with Gasteiger partial charge in [0.15, 0.2) is 0 Å². The molecule has 1 fully saturated rings. The van der Waals surface area contributed by atoms with Crippen LogP contribution in [-0.2, 0) is 17.7 Å². The van der Waals surface area contributed by atoms with Crippen molar-refractivity contribution >= 4 is 34.2 Å². The van der Waals surface area contributed by atoms with Crippen LogP contribution < -0.4 is 0 Å². The summed E-state index contributed by atoms with van der Waals surface area (Å²) in [6, 6.07) is 23.5. The molecule has 7 rings (SSSR count). The molecule has 10 nitrogen and oxygen atoms in total. The fraction of sp³-hybridized carbons (Fsp3) is 0.361. The number of H-pyrrole nitrogens is 1. The summed E-state index contributed by atoms with van der Waals surface area (Å²) >= 11 is 1.80. The number of para-hydroxylation sites is 1. The fourth-order valence-electron chi connectivity index (χ4n) is 5.83. The second-order valence-corrected chi connectivity index (χ2v) is 13.1. The van der Waals surface area contributed by atoms with E-state index in [1.807, 2.05) is 4.68 Å². The molecular weight excluding hydrogens is 609 g/mol. The van der Waals surface area contributed by atoms with Gasteiger partial charge in [-0.15, -0.1) is 0 Å². The number of aromatic nitrogens is 4. The van der Waals surface area contributed by atoms with Crippen molar-refractivity contribution in [1.29, 1.82) is 0 Å². The van der Waals surface area contributed by atoms with E-state index in [1.165, 1.54) is 37.4 Å². The van der Waals surface area contributed by atoms with Gasteiger partial charge in [0.2, 0.25) is 0 Å². The minimum Gasteiger partial charge on any atom is -0.394 e. The van der Waals surface area contributed by atoms with Crippen molar-refractivity contribution in [2.75, 3.05) is 73.2 Å². The van der Waals surface area contributed by atoms with Crippen LogP contribution in [0.5, 0.6) is 0 Å². The molecular formula is C36H44N8O2S. The highest BCUT2D eigenvalue weighted by atomic mass is 32.2. The Balaban J connectivity index is 0.000000172. The van der Waals surface area contributed by atoms with Crippen LogP contribution in [0.1, 0.15) is 16.7 Å². The fourth-order valence-corrected chi connectivity index (χ4v) is 6.85. The minimum absolute atomic E-state index is 0.0898. The molecule has 0 saturated carbocycles.